The third-order valence-electron chi connectivity index (χ3n) is 5.01. The van der Waals surface area contributed by atoms with Crippen LogP contribution in [0.2, 0.25) is 0 Å². The largest absolute Gasteiger partial charge is 0.480 e. The highest BCUT2D eigenvalue weighted by atomic mass is 16.4. The minimum Gasteiger partial charge on any atom is -0.480 e. The van der Waals surface area contributed by atoms with E-state index in [-0.39, 0.29) is 6.03 Å². The van der Waals surface area contributed by atoms with Gasteiger partial charge in [0.1, 0.15) is 5.54 Å². The highest BCUT2D eigenvalue weighted by Gasteiger charge is 2.52. The summed E-state index contributed by atoms with van der Waals surface area (Å²) in [7, 11) is 0. The molecule has 0 spiro atoms. The number of carboxylic acid groups (broad SMARTS) is 1. The summed E-state index contributed by atoms with van der Waals surface area (Å²) in [4.78, 5) is 25.4. The predicted octanol–water partition coefficient (Wildman–Crippen LogP) is 1.97. The zero-order valence-corrected chi connectivity index (χ0v) is 11.2. The second-order valence-electron chi connectivity index (χ2n) is 6.26. The quantitative estimate of drug-likeness (QED) is 0.802. The molecule has 3 fully saturated rings. The van der Waals surface area contributed by atoms with Crippen LogP contribution < -0.4 is 5.32 Å². The van der Waals surface area contributed by atoms with Crippen LogP contribution >= 0.6 is 0 Å². The molecule has 3 rings (SSSR count). The van der Waals surface area contributed by atoms with E-state index >= 15 is 0 Å². The summed E-state index contributed by atoms with van der Waals surface area (Å²) in [5, 5.41) is 11.9. The van der Waals surface area contributed by atoms with Crippen molar-refractivity contribution in [1.29, 1.82) is 0 Å². The number of carbonyl (C=O) groups is 2. The lowest BCUT2D eigenvalue weighted by molar-refractivity contribution is -0.140. The molecule has 1 saturated heterocycles. The number of hydrogen-bond acceptors (Lipinski definition) is 2. The van der Waals surface area contributed by atoms with Gasteiger partial charge in [0.2, 0.25) is 0 Å². The summed E-state index contributed by atoms with van der Waals surface area (Å²) in [6.07, 6.45) is 8.17. The number of rotatable bonds is 2. The lowest BCUT2D eigenvalue weighted by Crippen LogP contribution is -2.56. The summed E-state index contributed by atoms with van der Waals surface area (Å²) in [6, 6.07) is 0.184. The van der Waals surface area contributed by atoms with Gasteiger partial charge in [-0.25, -0.2) is 9.59 Å². The van der Waals surface area contributed by atoms with E-state index in [0.29, 0.717) is 24.8 Å². The van der Waals surface area contributed by atoms with Crippen LogP contribution in [0.4, 0.5) is 4.79 Å². The monoisotopic (exact) mass is 266 g/mol. The fourth-order valence-electron chi connectivity index (χ4n) is 3.67. The van der Waals surface area contributed by atoms with Crippen molar-refractivity contribution in [2.45, 2.75) is 62.9 Å². The van der Waals surface area contributed by atoms with Gasteiger partial charge < -0.3 is 15.3 Å². The van der Waals surface area contributed by atoms with Gasteiger partial charge in [0, 0.05) is 12.6 Å². The first-order valence-corrected chi connectivity index (χ1v) is 7.45. The summed E-state index contributed by atoms with van der Waals surface area (Å²) in [5.74, 6) is -0.258. The van der Waals surface area contributed by atoms with Crippen molar-refractivity contribution in [3.63, 3.8) is 0 Å². The molecule has 0 unspecified atom stereocenters. The van der Waals surface area contributed by atoms with Gasteiger partial charge in [0.25, 0.3) is 0 Å². The van der Waals surface area contributed by atoms with Gasteiger partial charge in [0.05, 0.1) is 0 Å². The molecule has 2 aliphatic carbocycles. The van der Waals surface area contributed by atoms with Crippen LogP contribution in [0.25, 0.3) is 0 Å². The Morgan fingerprint density at radius 3 is 2.47 bits per heavy atom. The molecule has 5 nitrogen and oxygen atoms in total. The Bertz CT molecular complexity index is 390. The Kier molecular flexibility index (Phi) is 3.15. The molecule has 5 heteroatoms. The first-order chi connectivity index (χ1) is 9.12. The molecule has 0 radical (unpaired) electrons. The molecule has 0 aromatic heterocycles. The van der Waals surface area contributed by atoms with Gasteiger partial charge in [0.15, 0.2) is 0 Å². The number of piperidine rings is 1. The van der Waals surface area contributed by atoms with Gasteiger partial charge >= 0.3 is 12.0 Å². The van der Waals surface area contributed by atoms with E-state index in [0.717, 1.165) is 19.4 Å². The van der Waals surface area contributed by atoms with E-state index in [1.54, 1.807) is 0 Å². The molecule has 2 atom stereocenters. The maximum Gasteiger partial charge on any atom is 0.329 e. The third kappa shape index (κ3) is 2.30. The smallest absolute Gasteiger partial charge is 0.329 e. The molecule has 1 aliphatic heterocycles. The maximum absolute atomic E-state index is 12.4. The average Bonchev–Trinajstić information content (AvgIpc) is 3.19. The van der Waals surface area contributed by atoms with Crippen LogP contribution in [0.3, 0.4) is 0 Å². The Morgan fingerprint density at radius 2 is 1.79 bits per heavy atom. The first-order valence-electron chi connectivity index (χ1n) is 7.45. The van der Waals surface area contributed by atoms with Crippen molar-refractivity contribution >= 4 is 12.0 Å². The van der Waals surface area contributed by atoms with Crippen molar-refractivity contribution in [1.82, 2.24) is 10.2 Å². The fourth-order valence-corrected chi connectivity index (χ4v) is 3.67. The van der Waals surface area contributed by atoms with Crippen molar-refractivity contribution in [3.8, 4) is 0 Å². The molecule has 19 heavy (non-hydrogen) atoms. The molecule has 2 amide bonds. The van der Waals surface area contributed by atoms with Crippen molar-refractivity contribution in [2.24, 2.45) is 5.92 Å². The molecule has 0 bridgehead atoms. The van der Waals surface area contributed by atoms with Crippen LogP contribution in [0.5, 0.6) is 0 Å². The summed E-state index contributed by atoms with van der Waals surface area (Å²) >= 11 is 0. The van der Waals surface area contributed by atoms with Gasteiger partial charge in [-0.3, -0.25) is 0 Å². The number of likely N-dealkylation sites (tertiary alicyclic amines) is 1. The Morgan fingerprint density at radius 1 is 1.11 bits per heavy atom. The molecule has 3 aliphatic rings. The van der Waals surface area contributed by atoms with Crippen LogP contribution in [0, 0.1) is 5.92 Å². The summed E-state index contributed by atoms with van der Waals surface area (Å²) < 4.78 is 0. The molecule has 0 aromatic rings. The Balaban J connectivity index is 1.67. The normalized spacial score (nSPS) is 32.3. The maximum atomic E-state index is 12.4. The van der Waals surface area contributed by atoms with E-state index in [9.17, 15) is 9.59 Å². The number of nitrogens with one attached hydrogen (secondary N) is 1. The van der Waals surface area contributed by atoms with E-state index in [1.807, 2.05) is 4.90 Å². The van der Waals surface area contributed by atoms with E-state index in [4.69, 9.17) is 5.11 Å². The lowest BCUT2D eigenvalue weighted by atomic mass is 9.78. The SMILES string of the molecule is O=C(NC1(C(=O)O)CC1)N1CCC[C@H]2CCCC[C@H]21. The van der Waals surface area contributed by atoms with Crippen molar-refractivity contribution < 1.29 is 14.7 Å². The number of fused-ring (bicyclic) bond motifs is 1. The number of carbonyl (C=O) groups excluding carboxylic acids is 1. The van der Waals surface area contributed by atoms with Gasteiger partial charge in [-0.05, 0) is 44.4 Å². The Hall–Kier alpha value is -1.26. The number of aliphatic carboxylic acids is 1. The minimum atomic E-state index is -0.960. The molecule has 2 saturated carbocycles. The summed E-state index contributed by atoms with van der Waals surface area (Å²) in [5.41, 5.74) is -0.960. The molecule has 1 heterocycles. The van der Waals surface area contributed by atoms with E-state index < -0.39 is 11.5 Å². The van der Waals surface area contributed by atoms with E-state index in [2.05, 4.69) is 5.32 Å². The zero-order chi connectivity index (χ0) is 13.5. The number of carboxylic acids is 1. The van der Waals surface area contributed by atoms with E-state index in [1.165, 1.54) is 25.7 Å². The molecular formula is C14H22N2O3. The number of urea groups is 1. The molecule has 2 N–H and O–H groups in total. The standard InChI is InChI=1S/C14H22N2O3/c17-12(18)14(7-8-14)15-13(19)16-9-3-5-10-4-1-2-6-11(10)16/h10-11H,1-9H2,(H,15,19)(H,17,18)/t10-,11-/m1/s1. The molecule has 106 valence electrons. The average molecular weight is 266 g/mol. The Labute approximate surface area is 113 Å². The third-order valence-corrected chi connectivity index (χ3v) is 5.01. The number of hydrogen-bond donors (Lipinski definition) is 2. The van der Waals surface area contributed by atoms with Gasteiger partial charge in [-0.1, -0.05) is 12.8 Å². The van der Waals surface area contributed by atoms with Crippen LogP contribution in [0.15, 0.2) is 0 Å². The zero-order valence-electron chi connectivity index (χ0n) is 11.2. The molecular weight excluding hydrogens is 244 g/mol. The topological polar surface area (TPSA) is 69.6 Å². The fraction of sp³-hybridized carbons (Fsp3) is 0.857. The van der Waals surface area contributed by atoms with Crippen LogP contribution in [0.1, 0.15) is 51.4 Å². The summed E-state index contributed by atoms with van der Waals surface area (Å²) in [6.45, 7) is 0.780. The predicted molar refractivity (Wildman–Crippen MR) is 69.8 cm³/mol. The van der Waals surface area contributed by atoms with Gasteiger partial charge in [-0.2, -0.15) is 0 Å². The first kappa shape index (κ1) is 12.8. The van der Waals surface area contributed by atoms with Crippen LogP contribution in [-0.2, 0) is 4.79 Å². The second kappa shape index (κ2) is 4.69. The lowest BCUT2D eigenvalue weighted by Gasteiger charge is -2.44. The number of nitrogens with zero attached hydrogens (tertiary/aromatic N) is 1. The highest BCUT2D eigenvalue weighted by molar-refractivity contribution is 5.89. The minimum absolute atomic E-state index is 0.156. The van der Waals surface area contributed by atoms with Gasteiger partial charge in [-0.15, -0.1) is 0 Å². The highest BCUT2D eigenvalue weighted by Crippen LogP contribution is 2.38. The second-order valence-corrected chi connectivity index (χ2v) is 6.26. The van der Waals surface area contributed by atoms with Crippen molar-refractivity contribution in [2.75, 3.05) is 6.54 Å². The number of amides is 2. The van der Waals surface area contributed by atoms with Crippen molar-refractivity contribution in [3.05, 3.63) is 0 Å². The molecule has 0 aromatic carbocycles. The van der Waals surface area contributed by atoms with Crippen LogP contribution in [-0.4, -0.2) is 40.1 Å².